The van der Waals surface area contributed by atoms with Gasteiger partial charge in [-0.05, 0) is 54.6 Å². The molecule has 0 aliphatic rings. The molecule has 0 atom stereocenters. The van der Waals surface area contributed by atoms with Gasteiger partial charge in [0, 0.05) is 17.3 Å². The third-order valence-corrected chi connectivity index (χ3v) is 6.80. The van der Waals surface area contributed by atoms with Crippen LogP contribution in [0, 0.1) is 5.82 Å². The summed E-state index contributed by atoms with van der Waals surface area (Å²) < 4.78 is 46.6. The van der Waals surface area contributed by atoms with Crippen LogP contribution in [-0.4, -0.2) is 26.0 Å². The van der Waals surface area contributed by atoms with Crippen LogP contribution in [0.15, 0.2) is 93.6 Å². The molecule has 1 heterocycles. The smallest absolute Gasteiger partial charge is 0.244 e. The van der Waals surface area contributed by atoms with Gasteiger partial charge >= 0.3 is 0 Å². The van der Waals surface area contributed by atoms with Gasteiger partial charge in [0.05, 0.1) is 17.5 Å². The van der Waals surface area contributed by atoms with Crippen molar-refractivity contribution in [2.24, 2.45) is 0 Å². The number of nitrogens with zero attached hydrogens (tertiary/aromatic N) is 1. The number of rotatable bonds is 6. The molecule has 168 valence electrons. The van der Waals surface area contributed by atoms with E-state index in [1.807, 2.05) is 0 Å². The van der Waals surface area contributed by atoms with Crippen molar-refractivity contribution in [3.8, 4) is 5.75 Å². The highest BCUT2D eigenvalue weighted by Crippen LogP contribution is 2.22. The highest BCUT2D eigenvalue weighted by molar-refractivity contribution is 7.91. The number of ether oxygens (including phenoxy) is 1. The van der Waals surface area contributed by atoms with Gasteiger partial charge in [-0.1, -0.05) is 18.2 Å². The van der Waals surface area contributed by atoms with Gasteiger partial charge in [-0.2, -0.15) is 0 Å². The molecule has 0 bridgehead atoms. The normalized spacial score (nSPS) is 11.3. The molecule has 7 nitrogen and oxygen atoms in total. The van der Waals surface area contributed by atoms with E-state index < -0.39 is 31.9 Å². The van der Waals surface area contributed by atoms with E-state index in [4.69, 9.17) is 4.74 Å². The number of methoxy groups -OCH3 is 1. The first-order valence-corrected chi connectivity index (χ1v) is 11.3. The van der Waals surface area contributed by atoms with Gasteiger partial charge in [0.25, 0.3) is 0 Å². The van der Waals surface area contributed by atoms with Gasteiger partial charge in [-0.15, -0.1) is 0 Å². The molecule has 1 N–H and O–H groups in total. The molecule has 3 aromatic carbocycles. The molecule has 4 aromatic rings. The van der Waals surface area contributed by atoms with Crippen molar-refractivity contribution in [3.05, 3.63) is 95.0 Å². The number of benzene rings is 3. The minimum absolute atomic E-state index is 0.0768. The molecule has 1 amide bonds. The minimum Gasteiger partial charge on any atom is -0.497 e. The molecule has 0 spiro atoms. The van der Waals surface area contributed by atoms with E-state index in [-0.39, 0.29) is 22.3 Å². The van der Waals surface area contributed by atoms with Gasteiger partial charge in [-0.25, -0.2) is 12.8 Å². The Labute approximate surface area is 189 Å². The number of halogens is 1. The molecule has 0 saturated heterocycles. The SMILES string of the molecule is COc1ccc(NC(=O)Cn2cc(S(=O)(=O)c3ccccc3)c(=O)c3cc(F)ccc32)cc1. The monoisotopic (exact) mass is 466 g/mol. The van der Waals surface area contributed by atoms with Gasteiger partial charge in [0.2, 0.25) is 21.2 Å². The summed E-state index contributed by atoms with van der Waals surface area (Å²) in [6, 6.07) is 17.6. The molecule has 0 aliphatic carbocycles. The van der Waals surface area contributed by atoms with E-state index in [2.05, 4.69) is 5.32 Å². The summed E-state index contributed by atoms with van der Waals surface area (Å²) in [5.74, 6) is -0.530. The third kappa shape index (κ3) is 4.49. The predicted octanol–water partition coefficient (Wildman–Crippen LogP) is 3.62. The van der Waals surface area contributed by atoms with Crippen molar-refractivity contribution in [1.29, 1.82) is 0 Å². The summed E-state index contributed by atoms with van der Waals surface area (Å²) in [7, 11) is -2.67. The van der Waals surface area contributed by atoms with Gasteiger partial charge in [-0.3, -0.25) is 9.59 Å². The number of nitrogens with one attached hydrogen (secondary N) is 1. The molecule has 0 radical (unpaired) electrons. The Morgan fingerprint density at radius 1 is 1.03 bits per heavy atom. The van der Waals surface area contributed by atoms with Crippen molar-refractivity contribution >= 4 is 32.3 Å². The lowest BCUT2D eigenvalue weighted by Gasteiger charge is -2.14. The first-order chi connectivity index (χ1) is 15.8. The number of pyridine rings is 1. The lowest BCUT2D eigenvalue weighted by Crippen LogP contribution is -2.24. The number of hydrogen-bond donors (Lipinski definition) is 1. The standard InChI is InChI=1S/C24H19FN2O5S/c1-32-18-10-8-17(9-11-18)26-23(28)15-27-14-22(33(30,31)19-5-3-2-4-6-19)24(29)20-13-16(25)7-12-21(20)27/h2-14H,15H2,1H3,(H,26,28). The van der Waals surface area contributed by atoms with Crippen molar-refractivity contribution < 1.29 is 22.3 Å². The molecule has 0 aliphatic heterocycles. The Hall–Kier alpha value is -3.98. The molecular formula is C24H19FN2O5S. The van der Waals surface area contributed by atoms with Gasteiger partial charge in [0.15, 0.2) is 0 Å². The first kappa shape index (κ1) is 22.2. The maximum Gasteiger partial charge on any atom is 0.244 e. The Balaban J connectivity index is 1.78. The number of aromatic nitrogens is 1. The van der Waals surface area contributed by atoms with E-state index in [1.165, 1.54) is 42.0 Å². The Kier molecular flexibility index (Phi) is 5.97. The molecule has 9 heteroatoms. The zero-order chi connectivity index (χ0) is 23.6. The van der Waals surface area contributed by atoms with Crippen molar-refractivity contribution in [3.63, 3.8) is 0 Å². The number of fused-ring (bicyclic) bond motifs is 1. The Bertz CT molecular complexity index is 1500. The number of carbonyl (C=O) groups excluding carboxylic acids is 1. The minimum atomic E-state index is -4.20. The maximum absolute atomic E-state index is 13.9. The van der Waals surface area contributed by atoms with Gasteiger partial charge < -0.3 is 14.6 Å². The topological polar surface area (TPSA) is 94.5 Å². The summed E-state index contributed by atoms with van der Waals surface area (Å²) in [5.41, 5.74) is -0.0900. The van der Waals surface area contributed by atoms with Crippen LogP contribution in [0.3, 0.4) is 0 Å². The average molecular weight is 466 g/mol. The second kappa shape index (κ2) is 8.87. The van der Waals surface area contributed by atoms with E-state index >= 15 is 0 Å². The fourth-order valence-electron chi connectivity index (χ4n) is 3.42. The van der Waals surface area contributed by atoms with Crippen LogP contribution in [0.4, 0.5) is 10.1 Å². The highest BCUT2D eigenvalue weighted by atomic mass is 32.2. The molecule has 1 aromatic heterocycles. The van der Waals surface area contributed by atoms with E-state index in [1.54, 1.807) is 30.3 Å². The largest absolute Gasteiger partial charge is 0.497 e. The molecule has 33 heavy (non-hydrogen) atoms. The second-order valence-corrected chi connectivity index (χ2v) is 9.12. The quantitative estimate of drug-likeness (QED) is 0.468. The maximum atomic E-state index is 13.9. The second-order valence-electron chi connectivity index (χ2n) is 7.21. The average Bonchev–Trinajstić information content (AvgIpc) is 2.81. The van der Waals surface area contributed by atoms with E-state index in [0.717, 1.165) is 18.3 Å². The molecule has 4 rings (SSSR count). The molecular weight excluding hydrogens is 447 g/mol. The highest BCUT2D eigenvalue weighted by Gasteiger charge is 2.24. The van der Waals surface area contributed by atoms with Crippen LogP contribution in [0.1, 0.15) is 0 Å². The van der Waals surface area contributed by atoms with Crippen LogP contribution >= 0.6 is 0 Å². The summed E-state index contributed by atoms with van der Waals surface area (Å²) in [6.45, 7) is -0.300. The van der Waals surface area contributed by atoms with Crippen LogP contribution in [0.2, 0.25) is 0 Å². The molecule has 0 unspecified atom stereocenters. The van der Waals surface area contributed by atoms with E-state index in [0.29, 0.717) is 11.4 Å². The first-order valence-electron chi connectivity index (χ1n) is 9.86. The summed E-state index contributed by atoms with van der Waals surface area (Å²) in [6.07, 6.45) is 1.12. The predicted molar refractivity (Wildman–Crippen MR) is 122 cm³/mol. The third-order valence-electron chi connectivity index (χ3n) is 5.04. The molecule has 0 fully saturated rings. The number of amides is 1. The lowest BCUT2D eigenvalue weighted by atomic mass is 10.2. The van der Waals surface area contributed by atoms with Crippen LogP contribution in [0.25, 0.3) is 10.9 Å². The van der Waals surface area contributed by atoms with Crippen LogP contribution in [0.5, 0.6) is 5.75 Å². The van der Waals surface area contributed by atoms with Crippen molar-refractivity contribution in [2.45, 2.75) is 16.3 Å². The van der Waals surface area contributed by atoms with Crippen molar-refractivity contribution in [1.82, 2.24) is 4.57 Å². The number of carbonyl (C=O) groups is 1. The zero-order valence-corrected chi connectivity index (χ0v) is 18.3. The van der Waals surface area contributed by atoms with Crippen LogP contribution in [-0.2, 0) is 21.2 Å². The fraction of sp³-hybridized carbons (Fsp3) is 0.0833. The van der Waals surface area contributed by atoms with E-state index in [9.17, 15) is 22.4 Å². The lowest BCUT2D eigenvalue weighted by molar-refractivity contribution is -0.116. The van der Waals surface area contributed by atoms with Crippen LogP contribution < -0.4 is 15.5 Å². The number of anilines is 1. The summed E-state index contributed by atoms with van der Waals surface area (Å²) in [5, 5.41) is 2.57. The number of hydrogen-bond acceptors (Lipinski definition) is 5. The number of sulfone groups is 1. The summed E-state index contributed by atoms with van der Waals surface area (Å²) >= 11 is 0. The Morgan fingerprint density at radius 2 is 1.73 bits per heavy atom. The zero-order valence-electron chi connectivity index (χ0n) is 17.5. The molecule has 0 saturated carbocycles. The Morgan fingerprint density at radius 3 is 2.39 bits per heavy atom. The van der Waals surface area contributed by atoms with Gasteiger partial charge in [0.1, 0.15) is 23.0 Å². The van der Waals surface area contributed by atoms with Crippen molar-refractivity contribution in [2.75, 3.05) is 12.4 Å². The summed E-state index contributed by atoms with van der Waals surface area (Å²) in [4.78, 5) is 25.1. The fourth-order valence-corrected chi connectivity index (χ4v) is 4.81.